The highest BCUT2D eigenvalue weighted by molar-refractivity contribution is 5.95. The summed E-state index contributed by atoms with van der Waals surface area (Å²) in [5.41, 5.74) is 1.34. The molecule has 2 N–H and O–H groups in total. The standard InChI is InChI=1S/C13H17NO3/c1-9-5-10(7-12(16)6-9)13(17)14-4-2-3-11(14)8-15/h5-7,11,15-16H,2-4,8H2,1H3/t11-/m1/s1. The molecule has 0 aromatic heterocycles. The van der Waals surface area contributed by atoms with Crippen LogP contribution in [0.3, 0.4) is 0 Å². The molecule has 0 spiro atoms. The van der Waals surface area contributed by atoms with Crippen LogP contribution in [-0.2, 0) is 0 Å². The topological polar surface area (TPSA) is 60.8 Å². The van der Waals surface area contributed by atoms with Gasteiger partial charge in [0.1, 0.15) is 5.75 Å². The summed E-state index contributed by atoms with van der Waals surface area (Å²) in [7, 11) is 0. The average molecular weight is 235 g/mol. The molecule has 92 valence electrons. The van der Waals surface area contributed by atoms with Gasteiger partial charge in [0, 0.05) is 12.1 Å². The Morgan fingerprint density at radius 2 is 2.24 bits per heavy atom. The van der Waals surface area contributed by atoms with E-state index in [-0.39, 0.29) is 24.3 Å². The highest BCUT2D eigenvalue weighted by Crippen LogP contribution is 2.22. The van der Waals surface area contributed by atoms with Gasteiger partial charge in [0.15, 0.2) is 0 Å². The van der Waals surface area contributed by atoms with Gasteiger partial charge in [-0.05, 0) is 43.5 Å². The van der Waals surface area contributed by atoms with Gasteiger partial charge in [-0.25, -0.2) is 0 Å². The Bertz CT molecular complexity index is 410. The maximum atomic E-state index is 12.2. The fourth-order valence-electron chi connectivity index (χ4n) is 2.35. The van der Waals surface area contributed by atoms with Crippen LogP contribution in [0.1, 0.15) is 28.8 Å². The first-order valence-electron chi connectivity index (χ1n) is 5.84. The first-order chi connectivity index (χ1) is 8.11. The number of aliphatic hydroxyl groups is 1. The molecule has 1 atom stereocenters. The highest BCUT2D eigenvalue weighted by Gasteiger charge is 2.28. The number of phenols is 1. The molecular formula is C13H17NO3. The molecule has 1 aromatic rings. The molecule has 0 saturated carbocycles. The van der Waals surface area contributed by atoms with Crippen molar-refractivity contribution in [3.05, 3.63) is 29.3 Å². The van der Waals surface area contributed by atoms with Crippen LogP contribution in [0.25, 0.3) is 0 Å². The quantitative estimate of drug-likeness (QED) is 0.812. The summed E-state index contributed by atoms with van der Waals surface area (Å²) in [4.78, 5) is 13.9. The molecule has 4 nitrogen and oxygen atoms in total. The average Bonchev–Trinajstić information content (AvgIpc) is 2.74. The molecular weight excluding hydrogens is 218 g/mol. The molecule has 1 aromatic carbocycles. The van der Waals surface area contributed by atoms with E-state index in [1.165, 1.54) is 6.07 Å². The third kappa shape index (κ3) is 2.42. The minimum absolute atomic E-state index is 0.00351. The lowest BCUT2D eigenvalue weighted by Crippen LogP contribution is -2.37. The lowest BCUT2D eigenvalue weighted by molar-refractivity contribution is 0.0677. The monoisotopic (exact) mass is 235 g/mol. The summed E-state index contributed by atoms with van der Waals surface area (Å²) in [5.74, 6) is -0.00588. The van der Waals surface area contributed by atoms with Crippen molar-refractivity contribution in [2.75, 3.05) is 13.2 Å². The Labute approximate surface area is 100 Å². The molecule has 1 heterocycles. The SMILES string of the molecule is Cc1cc(O)cc(C(=O)N2CCC[C@@H]2CO)c1. The predicted molar refractivity (Wildman–Crippen MR) is 64.0 cm³/mol. The minimum Gasteiger partial charge on any atom is -0.508 e. The van der Waals surface area contributed by atoms with Crippen LogP contribution < -0.4 is 0 Å². The summed E-state index contributed by atoms with van der Waals surface area (Å²) in [6.07, 6.45) is 1.77. The van der Waals surface area contributed by atoms with Crippen molar-refractivity contribution in [1.82, 2.24) is 4.90 Å². The molecule has 1 amide bonds. The van der Waals surface area contributed by atoms with Crippen molar-refractivity contribution in [2.45, 2.75) is 25.8 Å². The Balaban J connectivity index is 2.24. The molecule has 1 saturated heterocycles. The van der Waals surface area contributed by atoms with Crippen LogP contribution in [0.2, 0.25) is 0 Å². The second kappa shape index (κ2) is 4.75. The zero-order valence-electron chi connectivity index (χ0n) is 9.89. The fraction of sp³-hybridized carbons (Fsp3) is 0.462. The predicted octanol–water partition coefficient (Wildman–Crippen LogP) is 1.30. The molecule has 1 aliphatic rings. The number of aryl methyl sites for hydroxylation is 1. The second-order valence-electron chi connectivity index (χ2n) is 4.53. The van der Waals surface area contributed by atoms with E-state index in [1.54, 1.807) is 17.0 Å². The van der Waals surface area contributed by atoms with E-state index in [9.17, 15) is 15.0 Å². The van der Waals surface area contributed by atoms with Gasteiger partial charge >= 0.3 is 0 Å². The number of carbonyl (C=O) groups is 1. The van der Waals surface area contributed by atoms with Crippen molar-refractivity contribution in [3.63, 3.8) is 0 Å². The van der Waals surface area contributed by atoms with E-state index in [2.05, 4.69) is 0 Å². The number of phenolic OH excluding ortho intramolecular Hbond substituents is 1. The van der Waals surface area contributed by atoms with E-state index >= 15 is 0 Å². The Kier molecular flexibility index (Phi) is 3.33. The van der Waals surface area contributed by atoms with E-state index in [0.29, 0.717) is 12.1 Å². The number of hydrogen-bond donors (Lipinski definition) is 2. The number of aliphatic hydroxyl groups excluding tert-OH is 1. The highest BCUT2D eigenvalue weighted by atomic mass is 16.3. The molecule has 1 fully saturated rings. The third-order valence-electron chi connectivity index (χ3n) is 3.16. The summed E-state index contributed by atoms with van der Waals surface area (Å²) >= 11 is 0. The maximum Gasteiger partial charge on any atom is 0.254 e. The Morgan fingerprint density at radius 3 is 2.88 bits per heavy atom. The van der Waals surface area contributed by atoms with Crippen LogP contribution in [0.15, 0.2) is 18.2 Å². The third-order valence-corrected chi connectivity index (χ3v) is 3.16. The van der Waals surface area contributed by atoms with Crippen LogP contribution in [0.4, 0.5) is 0 Å². The number of likely N-dealkylation sites (tertiary alicyclic amines) is 1. The number of rotatable bonds is 2. The van der Waals surface area contributed by atoms with Crippen molar-refractivity contribution < 1.29 is 15.0 Å². The van der Waals surface area contributed by atoms with Gasteiger partial charge in [0.2, 0.25) is 0 Å². The molecule has 0 bridgehead atoms. The van der Waals surface area contributed by atoms with Gasteiger partial charge in [-0.1, -0.05) is 0 Å². The maximum absolute atomic E-state index is 12.2. The zero-order valence-corrected chi connectivity index (χ0v) is 9.89. The van der Waals surface area contributed by atoms with E-state index in [4.69, 9.17) is 0 Å². The first-order valence-corrected chi connectivity index (χ1v) is 5.84. The second-order valence-corrected chi connectivity index (χ2v) is 4.53. The van der Waals surface area contributed by atoms with Crippen molar-refractivity contribution in [1.29, 1.82) is 0 Å². The lowest BCUT2D eigenvalue weighted by Gasteiger charge is -2.23. The van der Waals surface area contributed by atoms with Gasteiger partial charge in [0.05, 0.1) is 12.6 Å². The number of aromatic hydroxyl groups is 1. The van der Waals surface area contributed by atoms with Crippen LogP contribution in [-0.4, -0.2) is 40.2 Å². The largest absolute Gasteiger partial charge is 0.508 e. The summed E-state index contributed by atoms with van der Waals surface area (Å²) in [6, 6.07) is 4.77. The van der Waals surface area contributed by atoms with E-state index in [1.807, 2.05) is 6.92 Å². The Hall–Kier alpha value is -1.55. The zero-order chi connectivity index (χ0) is 12.4. The number of nitrogens with zero attached hydrogens (tertiary/aromatic N) is 1. The number of carbonyl (C=O) groups excluding carboxylic acids is 1. The van der Waals surface area contributed by atoms with Crippen molar-refractivity contribution >= 4 is 5.91 Å². The summed E-state index contributed by atoms with van der Waals surface area (Å²) < 4.78 is 0. The lowest BCUT2D eigenvalue weighted by atomic mass is 10.1. The minimum atomic E-state index is -0.111. The fourth-order valence-corrected chi connectivity index (χ4v) is 2.35. The molecule has 4 heteroatoms. The van der Waals surface area contributed by atoms with Gasteiger partial charge in [0.25, 0.3) is 5.91 Å². The molecule has 0 radical (unpaired) electrons. The van der Waals surface area contributed by atoms with Crippen molar-refractivity contribution in [2.24, 2.45) is 0 Å². The number of hydrogen-bond acceptors (Lipinski definition) is 3. The molecule has 1 aliphatic heterocycles. The summed E-state index contributed by atoms with van der Waals surface area (Å²) in [5, 5.41) is 18.7. The Morgan fingerprint density at radius 1 is 1.47 bits per heavy atom. The molecule has 0 aliphatic carbocycles. The number of amides is 1. The van der Waals surface area contributed by atoms with Crippen LogP contribution in [0, 0.1) is 6.92 Å². The van der Waals surface area contributed by atoms with Crippen LogP contribution in [0.5, 0.6) is 5.75 Å². The number of benzene rings is 1. The van der Waals surface area contributed by atoms with Gasteiger partial charge in [-0.2, -0.15) is 0 Å². The van der Waals surface area contributed by atoms with E-state index in [0.717, 1.165) is 18.4 Å². The van der Waals surface area contributed by atoms with Gasteiger partial charge in [-0.15, -0.1) is 0 Å². The molecule has 17 heavy (non-hydrogen) atoms. The molecule has 2 rings (SSSR count). The van der Waals surface area contributed by atoms with Crippen molar-refractivity contribution in [3.8, 4) is 5.75 Å². The van der Waals surface area contributed by atoms with E-state index < -0.39 is 0 Å². The smallest absolute Gasteiger partial charge is 0.254 e. The van der Waals surface area contributed by atoms with Crippen LogP contribution >= 0.6 is 0 Å². The molecule has 0 unspecified atom stereocenters. The van der Waals surface area contributed by atoms with Gasteiger partial charge in [-0.3, -0.25) is 4.79 Å². The normalized spacial score (nSPS) is 19.6. The summed E-state index contributed by atoms with van der Waals surface area (Å²) in [6.45, 7) is 2.52. The first kappa shape index (κ1) is 11.9. The van der Waals surface area contributed by atoms with Gasteiger partial charge < -0.3 is 15.1 Å².